The predicted molar refractivity (Wildman–Crippen MR) is 95.9 cm³/mol. The molecule has 4 heteroatoms. The highest BCUT2D eigenvalue weighted by Crippen LogP contribution is 2.20. The van der Waals surface area contributed by atoms with Crippen LogP contribution in [0.3, 0.4) is 0 Å². The Morgan fingerprint density at radius 2 is 2.00 bits per heavy atom. The molecule has 0 atom stereocenters. The van der Waals surface area contributed by atoms with E-state index in [1.54, 1.807) is 6.20 Å². The Morgan fingerprint density at radius 3 is 2.88 bits per heavy atom. The van der Waals surface area contributed by atoms with Crippen LogP contribution in [0.2, 0.25) is 0 Å². The molecular weight excluding hydrogens is 300 g/mol. The molecule has 3 rings (SSSR count). The summed E-state index contributed by atoms with van der Waals surface area (Å²) in [5.74, 6) is 0.0471. The maximum Gasteiger partial charge on any atom is 0.224 e. The average molecular weight is 326 g/mol. The molecule has 24 heavy (non-hydrogen) atoms. The molecule has 4 nitrogen and oxygen atoms in total. The number of carbonyl (C=O) groups is 1. The summed E-state index contributed by atoms with van der Waals surface area (Å²) >= 11 is 0. The van der Waals surface area contributed by atoms with E-state index in [1.807, 2.05) is 30.3 Å². The predicted octanol–water partition coefficient (Wildman–Crippen LogP) is 3.63. The lowest BCUT2D eigenvalue weighted by Crippen LogP contribution is -2.27. The molecule has 1 aromatic heterocycles. The van der Waals surface area contributed by atoms with Crippen molar-refractivity contribution in [3.8, 4) is 0 Å². The third kappa shape index (κ3) is 4.78. The van der Waals surface area contributed by atoms with Gasteiger partial charge in [-0.25, -0.2) is 0 Å². The van der Waals surface area contributed by atoms with Crippen LogP contribution >= 0.6 is 0 Å². The molecule has 0 saturated heterocycles. The molecule has 1 aliphatic rings. The van der Waals surface area contributed by atoms with Gasteiger partial charge in [0.2, 0.25) is 5.91 Å². The normalized spacial score (nSPS) is 15.5. The molecule has 1 aromatic carbocycles. The van der Waals surface area contributed by atoms with Gasteiger partial charge in [-0.1, -0.05) is 43.5 Å². The third-order valence-electron chi connectivity index (χ3n) is 4.62. The van der Waals surface area contributed by atoms with Gasteiger partial charge in [0.25, 0.3) is 0 Å². The van der Waals surface area contributed by atoms with Crippen LogP contribution in [0, 0.1) is 0 Å². The first-order valence-electron chi connectivity index (χ1n) is 9.04. The number of nitrogens with zero attached hydrogens (tertiary/aromatic N) is 1. The van der Waals surface area contributed by atoms with Gasteiger partial charge in [-0.3, -0.25) is 9.78 Å². The van der Waals surface area contributed by atoms with Crippen molar-refractivity contribution in [3.63, 3.8) is 0 Å². The van der Waals surface area contributed by atoms with E-state index in [0.29, 0.717) is 19.1 Å². The smallest absolute Gasteiger partial charge is 0.224 e. The van der Waals surface area contributed by atoms with Crippen molar-refractivity contribution in [2.75, 3.05) is 13.2 Å². The Hall–Kier alpha value is -1.94. The number of hydrogen-bond acceptors (Lipinski definition) is 3. The second-order valence-corrected chi connectivity index (χ2v) is 6.50. The van der Waals surface area contributed by atoms with E-state index in [9.17, 15) is 4.79 Å². The second kappa shape index (κ2) is 8.78. The van der Waals surface area contributed by atoms with Crippen molar-refractivity contribution in [3.05, 3.63) is 42.1 Å². The number of amides is 1. The lowest BCUT2D eigenvalue weighted by molar-refractivity contribution is -0.120. The summed E-state index contributed by atoms with van der Waals surface area (Å²) in [4.78, 5) is 16.5. The first-order valence-corrected chi connectivity index (χ1v) is 9.04. The highest BCUT2D eigenvalue weighted by Gasteiger charge is 2.13. The van der Waals surface area contributed by atoms with Crippen molar-refractivity contribution >= 4 is 16.8 Å². The van der Waals surface area contributed by atoms with Gasteiger partial charge in [0.1, 0.15) is 0 Å². The van der Waals surface area contributed by atoms with Gasteiger partial charge in [0.15, 0.2) is 0 Å². The molecule has 0 aliphatic heterocycles. The summed E-state index contributed by atoms with van der Waals surface area (Å²) in [6, 6.07) is 9.91. The number of rotatable bonds is 7. The Labute approximate surface area is 143 Å². The number of hydrogen-bond donors (Lipinski definition) is 1. The number of fused-ring (bicyclic) bond motifs is 1. The van der Waals surface area contributed by atoms with Gasteiger partial charge >= 0.3 is 0 Å². The number of carbonyl (C=O) groups excluding carboxylic acids is 1. The number of ether oxygens (including phenoxy) is 1. The quantitative estimate of drug-likeness (QED) is 0.791. The molecule has 2 aromatic rings. The molecule has 1 amide bonds. The first-order chi connectivity index (χ1) is 11.8. The fourth-order valence-electron chi connectivity index (χ4n) is 3.33. The van der Waals surface area contributed by atoms with Gasteiger partial charge in [-0.2, -0.15) is 0 Å². The number of pyridine rings is 1. The molecule has 0 radical (unpaired) electrons. The zero-order valence-electron chi connectivity index (χ0n) is 14.2. The van der Waals surface area contributed by atoms with E-state index in [2.05, 4.69) is 10.3 Å². The van der Waals surface area contributed by atoms with Crippen molar-refractivity contribution in [1.29, 1.82) is 0 Å². The molecule has 0 spiro atoms. The lowest BCUT2D eigenvalue weighted by atomic mass is 9.98. The molecule has 1 fully saturated rings. The maximum absolute atomic E-state index is 12.1. The van der Waals surface area contributed by atoms with Gasteiger partial charge in [-0.15, -0.1) is 0 Å². The van der Waals surface area contributed by atoms with Crippen molar-refractivity contribution in [2.24, 2.45) is 0 Å². The van der Waals surface area contributed by atoms with Crippen molar-refractivity contribution in [2.45, 2.75) is 51.0 Å². The van der Waals surface area contributed by atoms with Gasteiger partial charge in [0, 0.05) is 24.7 Å². The molecule has 1 saturated carbocycles. The van der Waals surface area contributed by atoms with Crippen LogP contribution in [0.15, 0.2) is 36.5 Å². The average Bonchev–Trinajstić information content (AvgIpc) is 2.63. The van der Waals surface area contributed by atoms with E-state index >= 15 is 0 Å². The minimum atomic E-state index is 0.0471. The first kappa shape index (κ1) is 16.9. The fourth-order valence-corrected chi connectivity index (χ4v) is 3.33. The molecule has 1 N–H and O–H groups in total. The van der Waals surface area contributed by atoms with Crippen LogP contribution in [0.25, 0.3) is 10.9 Å². The zero-order chi connectivity index (χ0) is 16.6. The molecule has 128 valence electrons. The van der Waals surface area contributed by atoms with E-state index < -0.39 is 0 Å². The largest absolute Gasteiger partial charge is 0.378 e. The van der Waals surface area contributed by atoms with Crippen LogP contribution in [-0.2, 0) is 16.0 Å². The van der Waals surface area contributed by atoms with E-state index in [4.69, 9.17) is 4.74 Å². The summed E-state index contributed by atoms with van der Waals surface area (Å²) in [7, 11) is 0. The summed E-state index contributed by atoms with van der Waals surface area (Å²) in [5, 5.41) is 4.06. The minimum Gasteiger partial charge on any atom is -0.378 e. The van der Waals surface area contributed by atoms with E-state index in [0.717, 1.165) is 29.5 Å². The Balaban J connectivity index is 1.39. The van der Waals surface area contributed by atoms with Gasteiger partial charge in [-0.05, 0) is 30.9 Å². The monoisotopic (exact) mass is 326 g/mol. The van der Waals surface area contributed by atoms with Crippen molar-refractivity contribution < 1.29 is 9.53 Å². The SMILES string of the molecule is O=C(Cc1cccc2cccnc12)NCCCOC1CCCCC1. The van der Waals surface area contributed by atoms with Crippen LogP contribution in [0.1, 0.15) is 44.1 Å². The van der Waals surface area contributed by atoms with E-state index in [-0.39, 0.29) is 5.91 Å². The topological polar surface area (TPSA) is 51.2 Å². The highest BCUT2D eigenvalue weighted by atomic mass is 16.5. The highest BCUT2D eigenvalue weighted by molar-refractivity contribution is 5.87. The van der Waals surface area contributed by atoms with E-state index in [1.165, 1.54) is 32.1 Å². The number of nitrogens with one attached hydrogen (secondary N) is 1. The van der Waals surface area contributed by atoms with Crippen molar-refractivity contribution in [1.82, 2.24) is 10.3 Å². The summed E-state index contributed by atoms with van der Waals surface area (Å²) in [5.41, 5.74) is 1.89. The summed E-state index contributed by atoms with van der Waals surface area (Å²) in [6.45, 7) is 1.41. The van der Waals surface area contributed by atoms with Crippen LogP contribution in [-0.4, -0.2) is 30.1 Å². The number of benzene rings is 1. The summed E-state index contributed by atoms with van der Waals surface area (Å²) < 4.78 is 5.88. The number of para-hydroxylation sites is 1. The Morgan fingerprint density at radius 1 is 1.17 bits per heavy atom. The van der Waals surface area contributed by atoms with Gasteiger partial charge in [0.05, 0.1) is 18.0 Å². The lowest BCUT2D eigenvalue weighted by Gasteiger charge is -2.21. The zero-order valence-corrected chi connectivity index (χ0v) is 14.2. The molecule has 1 heterocycles. The maximum atomic E-state index is 12.1. The second-order valence-electron chi connectivity index (χ2n) is 6.50. The van der Waals surface area contributed by atoms with Crippen LogP contribution in [0.4, 0.5) is 0 Å². The summed E-state index contributed by atoms with van der Waals surface area (Å²) in [6.07, 6.45) is 9.78. The van der Waals surface area contributed by atoms with Crippen LogP contribution in [0.5, 0.6) is 0 Å². The Kier molecular flexibility index (Phi) is 6.19. The Bertz CT molecular complexity index is 660. The minimum absolute atomic E-state index is 0.0471. The third-order valence-corrected chi connectivity index (χ3v) is 4.62. The standard InChI is InChI=1S/C20H26N2O2/c23-19(21-13-6-14-24-18-10-2-1-3-11-18)15-17-8-4-7-16-9-5-12-22-20(16)17/h4-5,7-9,12,18H,1-3,6,10-11,13-15H2,(H,21,23). The molecule has 0 bridgehead atoms. The fraction of sp³-hybridized carbons (Fsp3) is 0.500. The molecule has 1 aliphatic carbocycles. The number of aromatic nitrogens is 1. The molecular formula is C20H26N2O2. The van der Waals surface area contributed by atoms with Gasteiger partial charge < -0.3 is 10.1 Å². The van der Waals surface area contributed by atoms with Crippen LogP contribution < -0.4 is 5.32 Å². The molecule has 0 unspecified atom stereocenters.